The van der Waals surface area contributed by atoms with Gasteiger partial charge in [-0.3, -0.25) is 4.90 Å². The number of para-hydroxylation sites is 7. The molecule has 5 heterocycles. The molecule has 0 unspecified atom stereocenters. The van der Waals surface area contributed by atoms with Gasteiger partial charge >= 0.3 is 0 Å². The molecule has 2 aliphatic rings. The molecule has 0 N–H and O–H groups in total. The number of nitrogens with zero attached hydrogens (tertiary/aromatic N) is 6. The van der Waals surface area contributed by atoms with Gasteiger partial charge in [-0.2, -0.15) is 0 Å². The van der Waals surface area contributed by atoms with Crippen LogP contribution in [0.4, 0.5) is 39.9 Å². The minimum atomic E-state index is -0.206. The van der Waals surface area contributed by atoms with Gasteiger partial charge in [0.2, 0.25) is 0 Å². The zero-order valence-corrected chi connectivity index (χ0v) is 50.1. The molecule has 7 nitrogen and oxygen atoms in total. The van der Waals surface area contributed by atoms with Gasteiger partial charge in [0.15, 0.2) is 0 Å². The maximum Gasteiger partial charge on any atom is 0.137 e. The van der Waals surface area contributed by atoms with Crippen LogP contribution in [0.1, 0.15) is 74.9 Å². The Morgan fingerprint density at radius 3 is 1.35 bits per heavy atom. The number of hydrogen-bond donors (Lipinski definition) is 0. The normalized spacial score (nSPS) is 13.2. The number of ether oxygens (including phenoxy) is 1. The number of benzene rings is 10. The molecule has 416 valence electrons. The molecule has 0 spiro atoms. The first-order valence-corrected chi connectivity index (χ1v) is 29.8. The summed E-state index contributed by atoms with van der Waals surface area (Å²) in [5, 5.41) is 5.00. The summed E-state index contributed by atoms with van der Waals surface area (Å²) in [7, 11) is 0. The monoisotopic (exact) mass is 1100 g/mol. The second kappa shape index (κ2) is 19.4. The van der Waals surface area contributed by atoms with Gasteiger partial charge in [0, 0.05) is 56.7 Å². The van der Waals surface area contributed by atoms with Crippen molar-refractivity contribution in [2.45, 2.75) is 80.1 Å². The fourth-order valence-corrected chi connectivity index (χ4v) is 13.8. The summed E-state index contributed by atoms with van der Waals surface area (Å²) in [5.41, 5.74) is 25.3. The number of hydrogen-bond acceptors (Lipinski definition) is 5. The van der Waals surface area contributed by atoms with E-state index in [9.17, 15) is 0 Å². The van der Waals surface area contributed by atoms with Gasteiger partial charge in [-0.05, 0) is 150 Å². The molecule has 10 aromatic carbocycles. The van der Waals surface area contributed by atoms with Crippen molar-refractivity contribution in [2.24, 2.45) is 0 Å². The number of pyridine rings is 1. The third kappa shape index (κ3) is 8.26. The predicted octanol–water partition coefficient (Wildman–Crippen LogP) is 21.3. The highest BCUT2D eigenvalue weighted by Crippen LogP contribution is 2.54. The molecule has 0 aliphatic carbocycles. The van der Waals surface area contributed by atoms with E-state index in [0.717, 1.165) is 79.5 Å². The lowest BCUT2D eigenvalue weighted by molar-refractivity contribution is 0.483. The number of aryl methyl sites for hydroxylation is 4. The first kappa shape index (κ1) is 52.0. The average Bonchev–Trinajstić information content (AvgIpc) is 1.64. The van der Waals surface area contributed by atoms with Crippen molar-refractivity contribution >= 4 is 83.6 Å². The second-order valence-corrected chi connectivity index (χ2v) is 25.5. The Morgan fingerprint density at radius 2 is 0.824 bits per heavy atom. The topological polar surface area (TPSA) is 41.7 Å². The SMILES string of the molecule is Cc1cccc2c3cccc(C)c3n(-c3cc(C(C)(C)C)cc(-n4c5c(C)cccc5c5cccc(C)c54)c3N3CN(c4cccc(Oc5ccc6c(c5)N(c5cc(C(C)(C)C)ccn5)c5ccccc5-c5ccccc5-6)c4)c4ccccc43)c12. The number of rotatable bonds is 7. The average molecular weight is 1110 g/mol. The van der Waals surface area contributed by atoms with Crippen LogP contribution < -0.4 is 19.4 Å². The van der Waals surface area contributed by atoms with Crippen LogP contribution in [0.5, 0.6) is 11.5 Å². The van der Waals surface area contributed by atoms with E-state index in [1.807, 2.05) is 6.20 Å². The van der Waals surface area contributed by atoms with Crippen molar-refractivity contribution < 1.29 is 4.74 Å². The van der Waals surface area contributed by atoms with E-state index < -0.39 is 0 Å². The van der Waals surface area contributed by atoms with E-state index in [1.54, 1.807) is 0 Å². The quantitative estimate of drug-likeness (QED) is 0.159. The van der Waals surface area contributed by atoms with Gasteiger partial charge < -0.3 is 23.7 Å². The van der Waals surface area contributed by atoms with Crippen molar-refractivity contribution in [3.63, 3.8) is 0 Å². The van der Waals surface area contributed by atoms with Crippen LogP contribution in [0.25, 0.3) is 77.2 Å². The molecule has 0 saturated heterocycles. The van der Waals surface area contributed by atoms with Crippen molar-refractivity contribution in [1.29, 1.82) is 0 Å². The molecule has 0 radical (unpaired) electrons. The summed E-state index contributed by atoms with van der Waals surface area (Å²) in [6.07, 6.45) is 1.95. The van der Waals surface area contributed by atoms with E-state index in [1.165, 1.54) is 82.6 Å². The molecular weight excluding hydrogens is 1040 g/mol. The summed E-state index contributed by atoms with van der Waals surface area (Å²) in [6.45, 7) is 23.4. The summed E-state index contributed by atoms with van der Waals surface area (Å²) in [6, 6.07) is 78.0. The second-order valence-electron chi connectivity index (χ2n) is 25.5. The fraction of sp³-hybridized carbons (Fsp3) is 0.167. The van der Waals surface area contributed by atoms with Crippen molar-refractivity contribution in [3.8, 4) is 45.1 Å². The molecule has 0 atom stereocenters. The molecule has 13 aromatic rings. The minimum Gasteiger partial charge on any atom is -0.457 e. The van der Waals surface area contributed by atoms with Crippen LogP contribution in [-0.4, -0.2) is 20.8 Å². The lowest BCUT2D eigenvalue weighted by atomic mass is 9.85. The van der Waals surface area contributed by atoms with Gasteiger partial charge in [0.25, 0.3) is 0 Å². The Labute approximate surface area is 498 Å². The van der Waals surface area contributed by atoms with Crippen LogP contribution >= 0.6 is 0 Å². The Bertz CT molecular complexity index is 4620. The zero-order chi connectivity index (χ0) is 58.2. The highest BCUT2D eigenvalue weighted by atomic mass is 16.5. The van der Waals surface area contributed by atoms with Crippen molar-refractivity contribution in [1.82, 2.24) is 14.1 Å². The van der Waals surface area contributed by atoms with Gasteiger partial charge in [0.1, 0.15) is 24.0 Å². The van der Waals surface area contributed by atoms with E-state index in [0.29, 0.717) is 6.67 Å². The van der Waals surface area contributed by atoms with Crippen LogP contribution in [0.3, 0.4) is 0 Å². The Morgan fingerprint density at radius 1 is 0.365 bits per heavy atom. The molecule has 0 bridgehead atoms. The number of fused-ring (bicyclic) bond motifs is 12. The van der Waals surface area contributed by atoms with Gasteiger partial charge in [0.05, 0.1) is 61.9 Å². The fourth-order valence-electron chi connectivity index (χ4n) is 13.8. The first-order chi connectivity index (χ1) is 41.1. The van der Waals surface area contributed by atoms with Crippen LogP contribution in [0, 0.1) is 27.7 Å². The predicted molar refractivity (Wildman–Crippen MR) is 357 cm³/mol. The van der Waals surface area contributed by atoms with Crippen LogP contribution in [0.2, 0.25) is 0 Å². The van der Waals surface area contributed by atoms with Gasteiger partial charge in [-0.15, -0.1) is 0 Å². The number of aromatic nitrogens is 3. The molecular formula is C78H68N6O. The summed E-state index contributed by atoms with van der Waals surface area (Å²) < 4.78 is 12.3. The first-order valence-electron chi connectivity index (χ1n) is 29.8. The molecule has 2 aliphatic heterocycles. The van der Waals surface area contributed by atoms with Gasteiger partial charge in [-0.1, -0.05) is 175 Å². The smallest absolute Gasteiger partial charge is 0.137 e. The largest absolute Gasteiger partial charge is 0.457 e. The van der Waals surface area contributed by atoms with Crippen molar-refractivity contribution in [2.75, 3.05) is 21.4 Å². The van der Waals surface area contributed by atoms with E-state index in [4.69, 9.17) is 9.72 Å². The molecule has 3 aromatic heterocycles. The van der Waals surface area contributed by atoms with E-state index in [2.05, 4.69) is 305 Å². The van der Waals surface area contributed by atoms with E-state index >= 15 is 0 Å². The highest BCUT2D eigenvalue weighted by molar-refractivity contribution is 6.14. The maximum absolute atomic E-state index is 7.12. The number of anilines is 7. The van der Waals surface area contributed by atoms with Crippen LogP contribution in [-0.2, 0) is 10.8 Å². The van der Waals surface area contributed by atoms with Crippen molar-refractivity contribution in [3.05, 3.63) is 252 Å². The lowest BCUT2D eigenvalue weighted by Gasteiger charge is -2.31. The third-order valence-corrected chi connectivity index (χ3v) is 17.9. The Balaban J connectivity index is 0.918. The summed E-state index contributed by atoms with van der Waals surface area (Å²) >= 11 is 0. The Kier molecular flexibility index (Phi) is 11.8. The summed E-state index contributed by atoms with van der Waals surface area (Å²) in [4.78, 5) is 12.5. The molecule has 7 heteroatoms. The lowest BCUT2D eigenvalue weighted by Crippen LogP contribution is -2.27. The Hall–Kier alpha value is -9.85. The summed E-state index contributed by atoms with van der Waals surface area (Å²) in [5.74, 6) is 2.33. The molecule has 15 rings (SSSR count). The maximum atomic E-state index is 7.12. The third-order valence-electron chi connectivity index (χ3n) is 17.9. The zero-order valence-electron chi connectivity index (χ0n) is 50.1. The molecule has 85 heavy (non-hydrogen) atoms. The molecule has 0 saturated carbocycles. The highest BCUT2D eigenvalue weighted by Gasteiger charge is 2.36. The minimum absolute atomic E-state index is 0.0750. The standard InChI is InChI=1S/C78H68N6O/c1-48-22-17-31-61-62-32-18-23-49(2)73(62)83(72(48)61)69-42-53(78(8,9)10)43-70(84-74-50(3)24-19-33-63(74)64-34-20-25-51(4)75(64)84)76(69)81-47-80(66-36-15-16-37-67(66)81)54-26-21-27-55(45-54)85-56-38-39-60-58-29-12-11-28-57(58)59-30-13-14-35-65(59)82(68(60)46-56)71-44-52(40-41-79-71)77(5,6)7/h11-46H,47H2,1-10H3. The van der Waals surface area contributed by atoms with Gasteiger partial charge in [-0.25, -0.2) is 4.98 Å². The van der Waals surface area contributed by atoms with E-state index in [-0.39, 0.29) is 10.8 Å². The molecule has 0 fully saturated rings. The van der Waals surface area contributed by atoms with Crippen LogP contribution in [0.15, 0.2) is 219 Å². The molecule has 0 amide bonds.